The van der Waals surface area contributed by atoms with Gasteiger partial charge in [0.1, 0.15) is 5.52 Å². The van der Waals surface area contributed by atoms with Gasteiger partial charge in [-0.3, -0.25) is 4.98 Å². The molecule has 2 heterocycles. The summed E-state index contributed by atoms with van der Waals surface area (Å²) in [6.07, 6.45) is 3.16. The molecule has 0 aliphatic carbocycles. The number of rotatable bonds is 1. The zero-order valence-electron chi connectivity index (χ0n) is 7.11. The van der Waals surface area contributed by atoms with Crippen molar-refractivity contribution in [2.75, 3.05) is 0 Å². The van der Waals surface area contributed by atoms with E-state index in [2.05, 4.69) is 23.8 Å². The molecule has 0 bridgehead atoms. The van der Waals surface area contributed by atoms with E-state index in [1.54, 1.807) is 6.20 Å². The lowest BCUT2D eigenvalue weighted by Gasteiger charge is -2.01. The highest BCUT2D eigenvalue weighted by Gasteiger charge is 2.03. The van der Waals surface area contributed by atoms with Gasteiger partial charge in [0, 0.05) is 5.69 Å². The molecule has 0 amide bonds. The van der Waals surface area contributed by atoms with Crippen molar-refractivity contribution in [2.45, 2.75) is 19.8 Å². The third-order valence-corrected chi connectivity index (χ3v) is 1.83. The normalized spacial score (nSPS) is 11.2. The third-order valence-electron chi connectivity index (χ3n) is 1.83. The van der Waals surface area contributed by atoms with Crippen molar-refractivity contribution in [1.29, 1.82) is 0 Å². The highest BCUT2D eigenvalue weighted by Crippen LogP contribution is 2.16. The number of fused-ring (bicyclic) bond motifs is 1. The van der Waals surface area contributed by atoms with E-state index >= 15 is 0 Å². The number of oxazole rings is 1. The number of pyridine rings is 1. The van der Waals surface area contributed by atoms with Gasteiger partial charge >= 0.3 is 0 Å². The van der Waals surface area contributed by atoms with Gasteiger partial charge in [-0.25, -0.2) is 4.98 Å². The second-order valence-corrected chi connectivity index (χ2v) is 3.08. The van der Waals surface area contributed by atoms with Gasteiger partial charge in [-0.2, -0.15) is 0 Å². The van der Waals surface area contributed by atoms with Gasteiger partial charge in [-0.1, -0.05) is 13.8 Å². The van der Waals surface area contributed by atoms with Crippen molar-refractivity contribution in [3.05, 3.63) is 24.4 Å². The molecule has 62 valence electrons. The maximum absolute atomic E-state index is 5.08. The number of hydrogen-bond acceptors (Lipinski definition) is 3. The molecule has 0 spiro atoms. The van der Waals surface area contributed by atoms with Crippen LogP contribution in [0.25, 0.3) is 11.1 Å². The van der Waals surface area contributed by atoms with Crippen LogP contribution in [0.15, 0.2) is 23.1 Å². The van der Waals surface area contributed by atoms with Crippen LogP contribution in [0.2, 0.25) is 0 Å². The molecule has 0 saturated carbocycles. The number of hydrogen-bond donors (Lipinski definition) is 0. The van der Waals surface area contributed by atoms with Gasteiger partial charge in [0.05, 0.1) is 6.20 Å². The first-order valence-electron chi connectivity index (χ1n) is 3.96. The van der Waals surface area contributed by atoms with Crippen LogP contribution in [-0.2, 0) is 0 Å². The van der Waals surface area contributed by atoms with E-state index in [0.717, 1.165) is 16.8 Å². The summed E-state index contributed by atoms with van der Waals surface area (Å²) in [6, 6.07) is 1.96. The Hall–Kier alpha value is -1.38. The van der Waals surface area contributed by atoms with E-state index in [9.17, 15) is 0 Å². The van der Waals surface area contributed by atoms with Crippen LogP contribution in [-0.4, -0.2) is 9.97 Å². The van der Waals surface area contributed by atoms with Crippen molar-refractivity contribution in [1.82, 2.24) is 9.97 Å². The van der Waals surface area contributed by atoms with Crippen molar-refractivity contribution in [3.63, 3.8) is 0 Å². The van der Waals surface area contributed by atoms with E-state index in [1.807, 2.05) is 6.07 Å². The smallest absolute Gasteiger partial charge is 0.182 e. The second kappa shape index (κ2) is 2.59. The number of nitrogens with zero attached hydrogens (tertiary/aromatic N) is 2. The molecule has 0 atom stereocenters. The van der Waals surface area contributed by atoms with E-state index < -0.39 is 0 Å². The highest BCUT2D eigenvalue weighted by atomic mass is 16.3. The lowest BCUT2D eigenvalue weighted by atomic mass is 10.1. The molecule has 3 heteroatoms. The minimum absolute atomic E-state index is 0.436. The summed E-state index contributed by atoms with van der Waals surface area (Å²) in [5.41, 5.74) is 2.68. The molecular weight excluding hydrogens is 152 g/mol. The zero-order valence-corrected chi connectivity index (χ0v) is 7.11. The molecule has 0 radical (unpaired) electrons. The molecule has 0 aliphatic heterocycles. The van der Waals surface area contributed by atoms with Gasteiger partial charge in [0.2, 0.25) is 0 Å². The Bertz CT molecular complexity index is 392. The van der Waals surface area contributed by atoms with E-state index in [0.29, 0.717) is 5.92 Å². The third kappa shape index (κ3) is 1.07. The SMILES string of the molecule is CC(C)c1cc2ncoc2cn1. The van der Waals surface area contributed by atoms with Gasteiger partial charge in [-0.05, 0) is 12.0 Å². The fraction of sp³-hybridized carbons (Fsp3) is 0.333. The first kappa shape index (κ1) is 7.28. The monoisotopic (exact) mass is 162 g/mol. The van der Waals surface area contributed by atoms with Crippen molar-refractivity contribution in [3.8, 4) is 0 Å². The molecule has 0 aromatic carbocycles. The summed E-state index contributed by atoms with van der Waals surface area (Å²) in [5.74, 6) is 0.436. The molecule has 0 unspecified atom stereocenters. The maximum atomic E-state index is 5.08. The largest absolute Gasteiger partial charge is 0.442 e. The van der Waals surface area contributed by atoms with E-state index in [1.165, 1.54) is 6.39 Å². The first-order valence-corrected chi connectivity index (χ1v) is 3.96. The molecule has 3 nitrogen and oxygen atoms in total. The summed E-state index contributed by atoms with van der Waals surface area (Å²) in [7, 11) is 0. The predicted molar refractivity (Wildman–Crippen MR) is 45.9 cm³/mol. The minimum atomic E-state index is 0.436. The van der Waals surface area contributed by atoms with Crippen LogP contribution in [0.5, 0.6) is 0 Å². The Balaban J connectivity index is 2.60. The van der Waals surface area contributed by atoms with E-state index in [4.69, 9.17) is 4.42 Å². The van der Waals surface area contributed by atoms with Crippen LogP contribution >= 0.6 is 0 Å². The Labute approximate surface area is 70.4 Å². The summed E-state index contributed by atoms with van der Waals surface area (Å²) in [5, 5.41) is 0. The molecular formula is C9H10N2O. The summed E-state index contributed by atoms with van der Waals surface area (Å²) >= 11 is 0. The first-order chi connectivity index (χ1) is 5.77. The van der Waals surface area contributed by atoms with Crippen LogP contribution in [0.3, 0.4) is 0 Å². The molecule has 0 N–H and O–H groups in total. The van der Waals surface area contributed by atoms with Crippen molar-refractivity contribution >= 4 is 11.1 Å². The molecule has 12 heavy (non-hydrogen) atoms. The standard InChI is InChI=1S/C9H10N2O/c1-6(2)7-3-8-9(4-10-7)12-5-11-8/h3-6H,1-2H3. The predicted octanol–water partition coefficient (Wildman–Crippen LogP) is 2.35. The highest BCUT2D eigenvalue weighted by molar-refractivity contribution is 5.71. The minimum Gasteiger partial charge on any atom is -0.442 e. The van der Waals surface area contributed by atoms with Crippen LogP contribution in [0, 0.1) is 0 Å². The summed E-state index contributed by atoms with van der Waals surface area (Å²) < 4.78 is 5.08. The molecule has 0 saturated heterocycles. The molecule has 2 aromatic heterocycles. The lowest BCUT2D eigenvalue weighted by Crippen LogP contribution is -1.90. The molecule has 0 aliphatic rings. The maximum Gasteiger partial charge on any atom is 0.182 e. The Morgan fingerprint density at radius 1 is 1.33 bits per heavy atom. The van der Waals surface area contributed by atoms with Crippen LogP contribution < -0.4 is 0 Å². The van der Waals surface area contributed by atoms with Gasteiger partial charge in [0.15, 0.2) is 12.0 Å². The van der Waals surface area contributed by atoms with Crippen molar-refractivity contribution < 1.29 is 4.42 Å². The van der Waals surface area contributed by atoms with Gasteiger partial charge < -0.3 is 4.42 Å². The van der Waals surface area contributed by atoms with Gasteiger partial charge in [-0.15, -0.1) is 0 Å². The van der Waals surface area contributed by atoms with Crippen LogP contribution in [0.1, 0.15) is 25.5 Å². The Morgan fingerprint density at radius 2 is 2.17 bits per heavy atom. The van der Waals surface area contributed by atoms with Crippen LogP contribution in [0.4, 0.5) is 0 Å². The molecule has 2 rings (SSSR count). The lowest BCUT2D eigenvalue weighted by molar-refractivity contribution is 0.600. The molecule has 2 aromatic rings. The quantitative estimate of drug-likeness (QED) is 0.646. The molecule has 0 fully saturated rings. The average molecular weight is 162 g/mol. The Kier molecular flexibility index (Phi) is 1.57. The topological polar surface area (TPSA) is 38.9 Å². The van der Waals surface area contributed by atoms with E-state index in [-0.39, 0.29) is 0 Å². The second-order valence-electron chi connectivity index (χ2n) is 3.08. The fourth-order valence-corrected chi connectivity index (χ4v) is 1.10. The van der Waals surface area contributed by atoms with Crippen molar-refractivity contribution in [2.24, 2.45) is 0 Å². The zero-order chi connectivity index (χ0) is 8.55. The number of aromatic nitrogens is 2. The Morgan fingerprint density at radius 3 is 2.92 bits per heavy atom. The average Bonchev–Trinajstić information content (AvgIpc) is 2.49. The summed E-state index contributed by atoms with van der Waals surface area (Å²) in [4.78, 5) is 8.30. The summed E-state index contributed by atoms with van der Waals surface area (Å²) in [6.45, 7) is 4.21. The van der Waals surface area contributed by atoms with Gasteiger partial charge in [0.25, 0.3) is 0 Å². The fourth-order valence-electron chi connectivity index (χ4n) is 1.10.